The number of hydrogen-bond acceptors (Lipinski definition) is 4. The van der Waals surface area contributed by atoms with Gasteiger partial charge in [-0.15, -0.1) is 0 Å². The molecule has 1 aliphatic rings. The quantitative estimate of drug-likeness (QED) is 0.640. The Kier molecular flexibility index (Phi) is 5.94. The number of hydrogen-bond donors (Lipinski definition) is 2. The fraction of sp³-hybridized carbons (Fsp3) is 0.167. The molecule has 152 valence electrons. The molecule has 0 saturated heterocycles. The van der Waals surface area contributed by atoms with Crippen molar-refractivity contribution < 1.29 is 14.3 Å². The maximum Gasteiger partial charge on any atom is 0.269 e. The second kappa shape index (κ2) is 9.13. The first-order chi connectivity index (χ1) is 14.7. The van der Waals surface area contributed by atoms with Gasteiger partial charge in [0.05, 0.1) is 6.54 Å². The summed E-state index contributed by atoms with van der Waals surface area (Å²) in [7, 11) is 0. The number of aryl methyl sites for hydroxylation is 1. The number of nitrogens with one attached hydrogen (secondary N) is 2. The first kappa shape index (κ1) is 19.5. The Labute approximate surface area is 175 Å². The van der Waals surface area contributed by atoms with E-state index < -0.39 is 0 Å². The number of anilines is 1. The average molecular weight is 401 g/mol. The van der Waals surface area contributed by atoms with E-state index in [1.807, 2.05) is 53.4 Å². The number of nitrogens with zero attached hydrogens (tertiary/aromatic N) is 1. The summed E-state index contributed by atoms with van der Waals surface area (Å²) < 4.78 is 5.72. The minimum absolute atomic E-state index is 0.196. The molecule has 0 spiro atoms. The van der Waals surface area contributed by atoms with Gasteiger partial charge in [-0.25, -0.2) is 0 Å². The molecule has 3 aromatic carbocycles. The van der Waals surface area contributed by atoms with Gasteiger partial charge in [0.2, 0.25) is 0 Å². The Morgan fingerprint density at radius 1 is 0.833 bits per heavy atom. The molecule has 4 rings (SSSR count). The van der Waals surface area contributed by atoms with Crippen LogP contribution < -0.4 is 20.5 Å². The summed E-state index contributed by atoms with van der Waals surface area (Å²) in [4.78, 5) is 26.7. The molecule has 1 aliphatic heterocycles. The van der Waals surface area contributed by atoms with Gasteiger partial charge in [0, 0.05) is 17.8 Å². The molecule has 0 aromatic heterocycles. The van der Waals surface area contributed by atoms with Gasteiger partial charge in [0.1, 0.15) is 11.5 Å². The largest absolute Gasteiger partial charge is 0.457 e. The molecular weight excluding hydrogens is 378 g/mol. The van der Waals surface area contributed by atoms with E-state index in [1.165, 1.54) is 5.56 Å². The highest BCUT2D eigenvalue weighted by Gasteiger charge is 2.19. The topological polar surface area (TPSA) is 70.7 Å². The number of fused-ring (bicyclic) bond motifs is 1. The Bertz CT molecular complexity index is 1020. The van der Waals surface area contributed by atoms with Crippen molar-refractivity contribution in [2.24, 2.45) is 0 Å². The molecule has 0 unspecified atom stereocenters. The maximum absolute atomic E-state index is 12.3. The zero-order valence-corrected chi connectivity index (χ0v) is 16.5. The smallest absolute Gasteiger partial charge is 0.269 e. The lowest BCUT2D eigenvalue weighted by Gasteiger charge is -2.30. The van der Waals surface area contributed by atoms with Gasteiger partial charge in [-0.1, -0.05) is 36.4 Å². The molecule has 0 atom stereocenters. The van der Waals surface area contributed by atoms with Crippen LogP contribution in [0, 0.1) is 0 Å². The molecule has 0 saturated carbocycles. The third-order valence-electron chi connectivity index (χ3n) is 4.95. The Hall–Kier alpha value is -3.80. The summed E-state index contributed by atoms with van der Waals surface area (Å²) in [5, 5.41) is 0. The highest BCUT2D eigenvalue weighted by molar-refractivity contribution is 5.95. The van der Waals surface area contributed by atoms with E-state index in [4.69, 9.17) is 4.74 Å². The normalized spacial score (nSPS) is 12.6. The number of carbonyl (C=O) groups excluding carboxylic acids is 2. The van der Waals surface area contributed by atoms with Crippen molar-refractivity contribution in [1.82, 2.24) is 10.9 Å². The van der Waals surface area contributed by atoms with Crippen molar-refractivity contribution in [1.29, 1.82) is 0 Å². The lowest BCUT2D eigenvalue weighted by molar-refractivity contribution is -0.120. The fourth-order valence-corrected chi connectivity index (χ4v) is 3.49. The SMILES string of the molecule is O=C(CN1CCCc2ccccc21)NNC(=O)c1ccc(Oc2ccccc2)cc1. The van der Waals surface area contributed by atoms with E-state index in [9.17, 15) is 9.59 Å². The number of rotatable bonds is 5. The van der Waals surface area contributed by atoms with Crippen molar-refractivity contribution in [2.75, 3.05) is 18.0 Å². The van der Waals surface area contributed by atoms with Crippen molar-refractivity contribution in [3.8, 4) is 11.5 Å². The third-order valence-corrected chi connectivity index (χ3v) is 4.95. The van der Waals surface area contributed by atoms with Crippen LogP contribution in [0.2, 0.25) is 0 Å². The number of ether oxygens (including phenoxy) is 1. The van der Waals surface area contributed by atoms with Crippen LogP contribution >= 0.6 is 0 Å². The first-order valence-corrected chi connectivity index (χ1v) is 9.94. The number of carbonyl (C=O) groups is 2. The van der Waals surface area contributed by atoms with Crippen LogP contribution in [0.1, 0.15) is 22.3 Å². The molecule has 2 amide bonds. The Morgan fingerprint density at radius 3 is 2.33 bits per heavy atom. The number of benzene rings is 3. The van der Waals surface area contributed by atoms with Gasteiger partial charge in [0.15, 0.2) is 0 Å². The molecule has 0 aliphatic carbocycles. The number of amides is 2. The lowest BCUT2D eigenvalue weighted by atomic mass is 10.0. The Morgan fingerprint density at radius 2 is 1.53 bits per heavy atom. The maximum atomic E-state index is 12.3. The number of para-hydroxylation sites is 2. The van der Waals surface area contributed by atoms with Crippen LogP contribution in [-0.4, -0.2) is 24.9 Å². The molecule has 0 bridgehead atoms. The zero-order chi connectivity index (χ0) is 20.8. The highest BCUT2D eigenvalue weighted by atomic mass is 16.5. The predicted octanol–water partition coefficient (Wildman–Crippen LogP) is 3.69. The molecule has 6 heteroatoms. The standard InChI is InChI=1S/C24H23N3O3/c28-23(17-27-16-6-8-18-7-4-5-11-22(18)27)25-26-24(29)19-12-14-21(15-13-19)30-20-9-2-1-3-10-20/h1-5,7,9-15H,6,8,16-17H2,(H,25,28)(H,26,29). The van der Waals surface area contributed by atoms with Gasteiger partial charge >= 0.3 is 0 Å². The first-order valence-electron chi connectivity index (χ1n) is 9.94. The summed E-state index contributed by atoms with van der Waals surface area (Å²) in [6.45, 7) is 1.02. The average Bonchev–Trinajstić information content (AvgIpc) is 2.79. The summed E-state index contributed by atoms with van der Waals surface area (Å²) >= 11 is 0. The number of hydrazine groups is 1. The summed E-state index contributed by atoms with van der Waals surface area (Å²) in [6.07, 6.45) is 2.03. The van der Waals surface area contributed by atoms with Crippen molar-refractivity contribution >= 4 is 17.5 Å². The van der Waals surface area contributed by atoms with Crippen LogP contribution in [0.4, 0.5) is 5.69 Å². The minimum Gasteiger partial charge on any atom is -0.457 e. The molecule has 6 nitrogen and oxygen atoms in total. The second-order valence-electron chi connectivity index (χ2n) is 7.10. The van der Waals surface area contributed by atoms with E-state index in [1.54, 1.807) is 24.3 Å². The predicted molar refractivity (Wildman–Crippen MR) is 116 cm³/mol. The van der Waals surface area contributed by atoms with Crippen LogP contribution in [-0.2, 0) is 11.2 Å². The van der Waals surface area contributed by atoms with E-state index >= 15 is 0 Å². The van der Waals surface area contributed by atoms with Gasteiger partial charge in [-0.05, 0) is 60.9 Å². The van der Waals surface area contributed by atoms with E-state index in [0.29, 0.717) is 11.3 Å². The van der Waals surface area contributed by atoms with E-state index in [0.717, 1.165) is 30.8 Å². The summed E-state index contributed by atoms with van der Waals surface area (Å²) in [5.74, 6) is 0.713. The van der Waals surface area contributed by atoms with Crippen molar-refractivity contribution in [3.63, 3.8) is 0 Å². The highest BCUT2D eigenvalue weighted by Crippen LogP contribution is 2.26. The Balaban J connectivity index is 1.29. The summed E-state index contributed by atoms with van der Waals surface area (Å²) in [6, 6.07) is 24.3. The molecule has 2 N–H and O–H groups in total. The molecule has 0 radical (unpaired) electrons. The minimum atomic E-state index is -0.381. The second-order valence-corrected chi connectivity index (χ2v) is 7.10. The van der Waals surface area contributed by atoms with Crippen molar-refractivity contribution in [3.05, 3.63) is 90.0 Å². The van der Waals surface area contributed by atoms with E-state index in [-0.39, 0.29) is 18.4 Å². The third kappa shape index (κ3) is 4.78. The van der Waals surface area contributed by atoms with Gasteiger partial charge < -0.3 is 9.64 Å². The monoisotopic (exact) mass is 401 g/mol. The molecule has 0 fully saturated rings. The lowest BCUT2D eigenvalue weighted by Crippen LogP contribution is -2.47. The van der Waals surface area contributed by atoms with Gasteiger partial charge in [0.25, 0.3) is 11.8 Å². The molecular formula is C24H23N3O3. The van der Waals surface area contributed by atoms with Gasteiger partial charge in [-0.2, -0.15) is 0 Å². The van der Waals surface area contributed by atoms with Crippen molar-refractivity contribution in [2.45, 2.75) is 12.8 Å². The zero-order valence-electron chi connectivity index (χ0n) is 16.5. The summed E-state index contributed by atoms with van der Waals surface area (Å²) in [5.41, 5.74) is 7.74. The van der Waals surface area contributed by atoms with Crippen LogP contribution in [0.3, 0.4) is 0 Å². The van der Waals surface area contributed by atoms with Gasteiger partial charge in [-0.3, -0.25) is 20.4 Å². The van der Waals surface area contributed by atoms with Crippen LogP contribution in [0.25, 0.3) is 0 Å². The van der Waals surface area contributed by atoms with E-state index in [2.05, 4.69) is 16.9 Å². The molecule has 3 aromatic rings. The van der Waals surface area contributed by atoms with Crippen LogP contribution in [0.5, 0.6) is 11.5 Å². The molecule has 1 heterocycles. The van der Waals surface area contributed by atoms with Crippen LogP contribution in [0.15, 0.2) is 78.9 Å². The molecule has 30 heavy (non-hydrogen) atoms. The fourth-order valence-electron chi connectivity index (χ4n) is 3.49.